The first-order chi connectivity index (χ1) is 14.2. The molecule has 2 N–H and O–H groups in total. The molecule has 172 valence electrons. The number of rotatable bonds is 7. The van der Waals surface area contributed by atoms with Crippen molar-refractivity contribution in [2.24, 2.45) is 4.99 Å². The maximum atomic E-state index is 12.7. The van der Waals surface area contributed by atoms with Crippen molar-refractivity contribution in [1.82, 2.24) is 15.6 Å². The van der Waals surface area contributed by atoms with Crippen LogP contribution in [0.25, 0.3) is 0 Å². The van der Waals surface area contributed by atoms with Crippen molar-refractivity contribution < 1.29 is 22.7 Å². The highest BCUT2D eigenvalue weighted by Gasteiger charge is 2.29. The fourth-order valence-electron chi connectivity index (χ4n) is 2.54. The average Bonchev–Trinajstić information content (AvgIpc) is 3.08. The SMILES string of the molecule is CCNC(=NCc1ccc(C(F)(F)F)cc1)NC(C)c1nc(C)c(C(=O)OCC)s1.I. The van der Waals surface area contributed by atoms with E-state index in [4.69, 9.17) is 4.74 Å². The van der Waals surface area contributed by atoms with Gasteiger partial charge in [0.1, 0.15) is 9.88 Å². The minimum Gasteiger partial charge on any atom is -0.462 e. The lowest BCUT2D eigenvalue weighted by Crippen LogP contribution is -2.38. The molecule has 1 aromatic heterocycles. The summed E-state index contributed by atoms with van der Waals surface area (Å²) in [4.78, 5) is 21.3. The highest BCUT2D eigenvalue weighted by Crippen LogP contribution is 2.29. The molecule has 0 aliphatic carbocycles. The number of aliphatic imine (C=N–C) groups is 1. The predicted octanol–water partition coefficient (Wildman–Crippen LogP) is 5.08. The number of nitrogens with zero attached hydrogens (tertiary/aromatic N) is 2. The molecule has 1 atom stereocenters. The number of halogens is 4. The summed E-state index contributed by atoms with van der Waals surface area (Å²) >= 11 is 1.26. The summed E-state index contributed by atoms with van der Waals surface area (Å²) in [5.74, 6) is 0.101. The Bertz CT molecular complexity index is 886. The first kappa shape index (κ1) is 27.1. The zero-order valence-corrected chi connectivity index (χ0v) is 20.8. The Kier molecular flexibility index (Phi) is 10.7. The molecule has 0 amide bonds. The van der Waals surface area contributed by atoms with Gasteiger partial charge >= 0.3 is 12.1 Å². The van der Waals surface area contributed by atoms with Gasteiger partial charge in [0, 0.05) is 6.54 Å². The molecule has 0 radical (unpaired) electrons. The number of guanidine groups is 1. The first-order valence-electron chi connectivity index (χ1n) is 9.51. The summed E-state index contributed by atoms with van der Waals surface area (Å²) in [6, 6.07) is 4.68. The lowest BCUT2D eigenvalue weighted by atomic mass is 10.1. The van der Waals surface area contributed by atoms with Crippen molar-refractivity contribution in [1.29, 1.82) is 0 Å². The molecule has 0 aliphatic heterocycles. The molecule has 0 bridgehead atoms. The van der Waals surface area contributed by atoms with E-state index in [-0.39, 0.29) is 36.6 Å². The molecule has 0 saturated heterocycles. The fourth-order valence-corrected chi connectivity index (χ4v) is 3.51. The highest BCUT2D eigenvalue weighted by molar-refractivity contribution is 14.0. The zero-order valence-electron chi connectivity index (χ0n) is 17.7. The molecular formula is C20H26F3IN4O2S. The van der Waals surface area contributed by atoms with Gasteiger partial charge < -0.3 is 15.4 Å². The predicted molar refractivity (Wildman–Crippen MR) is 126 cm³/mol. The normalized spacial score (nSPS) is 12.7. The number of aromatic nitrogens is 1. The Balaban J connectivity index is 0.00000480. The summed E-state index contributed by atoms with van der Waals surface area (Å²) < 4.78 is 43.1. The van der Waals surface area contributed by atoms with Crippen molar-refractivity contribution in [3.63, 3.8) is 0 Å². The minimum absolute atomic E-state index is 0. The number of aryl methyl sites for hydroxylation is 1. The third kappa shape index (κ3) is 7.95. The largest absolute Gasteiger partial charge is 0.462 e. The number of alkyl halides is 3. The number of benzene rings is 1. The molecule has 2 aromatic rings. The van der Waals surface area contributed by atoms with Gasteiger partial charge in [-0.3, -0.25) is 0 Å². The van der Waals surface area contributed by atoms with Gasteiger partial charge in [-0.15, -0.1) is 35.3 Å². The van der Waals surface area contributed by atoms with Crippen LogP contribution in [0.1, 0.15) is 58.3 Å². The number of carbonyl (C=O) groups is 1. The van der Waals surface area contributed by atoms with Crippen LogP contribution in [0.3, 0.4) is 0 Å². The Morgan fingerprint density at radius 3 is 2.45 bits per heavy atom. The molecular weight excluding hydrogens is 544 g/mol. The first-order valence-corrected chi connectivity index (χ1v) is 10.3. The molecule has 0 fully saturated rings. The van der Waals surface area contributed by atoms with Crippen molar-refractivity contribution in [2.45, 2.75) is 46.5 Å². The molecule has 0 saturated carbocycles. The third-order valence-electron chi connectivity index (χ3n) is 4.04. The molecule has 11 heteroatoms. The van der Waals surface area contributed by atoms with Crippen LogP contribution < -0.4 is 10.6 Å². The van der Waals surface area contributed by atoms with Gasteiger partial charge in [0.2, 0.25) is 0 Å². The Morgan fingerprint density at radius 1 is 1.26 bits per heavy atom. The summed E-state index contributed by atoms with van der Waals surface area (Å²) in [5, 5.41) is 7.01. The van der Waals surface area contributed by atoms with Gasteiger partial charge in [-0.2, -0.15) is 13.2 Å². The summed E-state index contributed by atoms with van der Waals surface area (Å²) in [5.41, 5.74) is 0.571. The van der Waals surface area contributed by atoms with Crippen molar-refractivity contribution in [2.75, 3.05) is 13.2 Å². The standard InChI is InChI=1S/C20H25F3N4O2S.HI/c1-5-24-19(25-11-14-7-9-15(10-8-14)20(21,22)23)27-13(4)17-26-12(3)16(30-17)18(28)29-6-2;/h7-10,13H,5-6,11H2,1-4H3,(H2,24,25,27);1H. The number of carbonyl (C=O) groups excluding carboxylic acids is 1. The van der Waals surface area contributed by atoms with E-state index in [1.807, 2.05) is 13.8 Å². The van der Waals surface area contributed by atoms with Crippen LogP contribution in [0, 0.1) is 6.92 Å². The van der Waals surface area contributed by atoms with Gasteiger partial charge in [0.15, 0.2) is 5.96 Å². The molecule has 1 aromatic carbocycles. The van der Waals surface area contributed by atoms with Gasteiger partial charge in [0.25, 0.3) is 0 Å². The third-order valence-corrected chi connectivity index (χ3v) is 5.36. The van der Waals surface area contributed by atoms with Crippen LogP contribution >= 0.6 is 35.3 Å². The molecule has 31 heavy (non-hydrogen) atoms. The van der Waals surface area contributed by atoms with Crippen LogP contribution in [-0.2, 0) is 17.5 Å². The van der Waals surface area contributed by atoms with Crippen molar-refractivity contribution in [3.8, 4) is 0 Å². The second kappa shape index (κ2) is 12.2. The van der Waals surface area contributed by atoms with Gasteiger partial charge in [-0.05, 0) is 45.4 Å². The lowest BCUT2D eigenvalue weighted by molar-refractivity contribution is -0.137. The number of hydrogen-bond donors (Lipinski definition) is 2. The van der Waals surface area contributed by atoms with Gasteiger partial charge in [0.05, 0.1) is 30.5 Å². The second-order valence-electron chi connectivity index (χ2n) is 6.44. The van der Waals surface area contributed by atoms with Crippen LogP contribution in [0.4, 0.5) is 13.2 Å². The van der Waals surface area contributed by atoms with E-state index < -0.39 is 17.7 Å². The summed E-state index contributed by atoms with van der Waals surface area (Å²) in [6.45, 7) is 8.41. The lowest BCUT2D eigenvalue weighted by Gasteiger charge is -2.16. The fraction of sp³-hybridized carbons (Fsp3) is 0.450. The smallest absolute Gasteiger partial charge is 0.416 e. The van der Waals surface area contributed by atoms with Crippen LogP contribution in [-0.4, -0.2) is 30.1 Å². The van der Waals surface area contributed by atoms with E-state index >= 15 is 0 Å². The van der Waals surface area contributed by atoms with Crippen LogP contribution in [0.2, 0.25) is 0 Å². The maximum absolute atomic E-state index is 12.7. The monoisotopic (exact) mass is 570 g/mol. The zero-order chi connectivity index (χ0) is 22.3. The Hall–Kier alpha value is -1.89. The Labute approximate surface area is 200 Å². The topological polar surface area (TPSA) is 75.6 Å². The van der Waals surface area contributed by atoms with E-state index in [2.05, 4.69) is 20.6 Å². The number of ether oxygens (including phenoxy) is 1. The maximum Gasteiger partial charge on any atom is 0.416 e. The van der Waals surface area contributed by atoms with Crippen molar-refractivity contribution >= 4 is 47.2 Å². The molecule has 1 unspecified atom stereocenters. The number of hydrogen-bond acceptors (Lipinski definition) is 5. The van der Waals surface area contributed by atoms with E-state index in [1.165, 1.54) is 23.5 Å². The van der Waals surface area contributed by atoms with Crippen LogP contribution in [0.5, 0.6) is 0 Å². The average molecular weight is 570 g/mol. The molecule has 2 rings (SSSR count). The molecule has 0 aliphatic rings. The molecule has 0 spiro atoms. The highest BCUT2D eigenvalue weighted by atomic mass is 127. The minimum atomic E-state index is -4.36. The number of thiazole rings is 1. The van der Waals surface area contributed by atoms with E-state index in [1.54, 1.807) is 13.8 Å². The molecule has 1 heterocycles. The van der Waals surface area contributed by atoms with Gasteiger partial charge in [-0.1, -0.05) is 12.1 Å². The van der Waals surface area contributed by atoms with Crippen LogP contribution in [0.15, 0.2) is 29.3 Å². The summed E-state index contributed by atoms with van der Waals surface area (Å²) in [7, 11) is 0. The second-order valence-corrected chi connectivity index (χ2v) is 7.47. The van der Waals surface area contributed by atoms with Gasteiger partial charge in [-0.25, -0.2) is 14.8 Å². The quantitative estimate of drug-likeness (QED) is 0.210. The number of esters is 1. The van der Waals surface area contributed by atoms with Crippen molar-refractivity contribution in [3.05, 3.63) is 51.0 Å². The van der Waals surface area contributed by atoms with E-state index in [0.29, 0.717) is 40.3 Å². The summed E-state index contributed by atoms with van der Waals surface area (Å²) in [6.07, 6.45) is -4.36. The number of nitrogens with one attached hydrogen (secondary N) is 2. The Morgan fingerprint density at radius 2 is 1.90 bits per heavy atom. The van der Waals surface area contributed by atoms with E-state index in [9.17, 15) is 18.0 Å². The van der Waals surface area contributed by atoms with E-state index in [0.717, 1.165) is 12.1 Å². The molecule has 6 nitrogen and oxygen atoms in total.